The van der Waals surface area contributed by atoms with Gasteiger partial charge in [-0.3, -0.25) is 4.79 Å². The summed E-state index contributed by atoms with van der Waals surface area (Å²) in [6, 6.07) is 9.33. The average Bonchev–Trinajstić information content (AvgIpc) is 3.16. The average molecular weight is 372 g/mol. The number of rotatable bonds is 3. The first-order chi connectivity index (χ1) is 12.0. The van der Waals surface area contributed by atoms with Gasteiger partial charge < -0.3 is 8.83 Å². The predicted molar refractivity (Wildman–Crippen MR) is 99.3 cm³/mol. The second-order valence-corrected chi connectivity index (χ2v) is 7.25. The molecule has 25 heavy (non-hydrogen) atoms. The third kappa shape index (κ3) is 2.94. The van der Waals surface area contributed by atoms with Crippen molar-refractivity contribution in [3.8, 4) is 0 Å². The second kappa shape index (κ2) is 6.24. The van der Waals surface area contributed by atoms with Crippen LogP contribution in [0.2, 0.25) is 5.02 Å². The molecule has 0 atom stereocenters. The van der Waals surface area contributed by atoms with Crippen LogP contribution in [0.3, 0.4) is 0 Å². The van der Waals surface area contributed by atoms with Crippen molar-refractivity contribution in [2.75, 3.05) is 0 Å². The van der Waals surface area contributed by atoms with Crippen molar-refractivity contribution < 1.29 is 13.6 Å². The Balaban J connectivity index is 1.60. The van der Waals surface area contributed by atoms with Crippen molar-refractivity contribution in [2.24, 2.45) is 0 Å². The van der Waals surface area contributed by atoms with Gasteiger partial charge in [0.15, 0.2) is 5.58 Å². The summed E-state index contributed by atoms with van der Waals surface area (Å²) in [6.07, 6.45) is 1.84. The fourth-order valence-electron chi connectivity index (χ4n) is 2.92. The number of para-hydroxylation sites is 2. The van der Waals surface area contributed by atoms with Gasteiger partial charge in [-0.25, -0.2) is 4.98 Å². The third-order valence-corrected chi connectivity index (χ3v) is 5.41. The standard InChI is InChI=1S/C19H14ClNO3S/c1-10-7-15-17(11(2)18(10)20)12(9-23-15)8-16(22)25-19-21-13-5-3-4-6-14(13)24-19/h3-7,9H,8H2,1-2H3. The minimum atomic E-state index is -0.0645. The number of halogens is 1. The molecular formula is C19H14ClNO3S. The maximum Gasteiger partial charge on any atom is 0.264 e. The quantitative estimate of drug-likeness (QED) is 0.432. The number of carbonyl (C=O) groups excluding carboxylic acids is 1. The maximum atomic E-state index is 12.5. The molecule has 6 heteroatoms. The van der Waals surface area contributed by atoms with Gasteiger partial charge >= 0.3 is 0 Å². The van der Waals surface area contributed by atoms with E-state index in [9.17, 15) is 4.79 Å². The van der Waals surface area contributed by atoms with Gasteiger partial charge in [-0.15, -0.1) is 0 Å². The molecule has 0 aliphatic rings. The van der Waals surface area contributed by atoms with E-state index in [1.54, 1.807) is 6.26 Å². The zero-order valence-electron chi connectivity index (χ0n) is 13.6. The van der Waals surface area contributed by atoms with Crippen LogP contribution in [-0.4, -0.2) is 10.1 Å². The Morgan fingerprint density at radius 1 is 1.24 bits per heavy atom. The van der Waals surface area contributed by atoms with E-state index in [2.05, 4.69) is 4.98 Å². The van der Waals surface area contributed by atoms with E-state index < -0.39 is 0 Å². The van der Waals surface area contributed by atoms with Crippen molar-refractivity contribution >= 4 is 50.5 Å². The van der Waals surface area contributed by atoms with Gasteiger partial charge in [0.25, 0.3) is 5.22 Å². The smallest absolute Gasteiger partial charge is 0.264 e. The van der Waals surface area contributed by atoms with E-state index in [0.717, 1.165) is 44.9 Å². The fourth-order valence-corrected chi connectivity index (χ4v) is 3.77. The van der Waals surface area contributed by atoms with Crippen LogP contribution < -0.4 is 0 Å². The van der Waals surface area contributed by atoms with Crippen LogP contribution in [0.1, 0.15) is 16.7 Å². The van der Waals surface area contributed by atoms with Crippen LogP contribution in [0.4, 0.5) is 0 Å². The lowest BCUT2D eigenvalue weighted by molar-refractivity contribution is -0.110. The van der Waals surface area contributed by atoms with Crippen LogP contribution in [0.5, 0.6) is 0 Å². The molecule has 0 saturated carbocycles. The molecule has 0 fully saturated rings. The van der Waals surface area contributed by atoms with Crippen LogP contribution in [0, 0.1) is 13.8 Å². The second-order valence-electron chi connectivity index (χ2n) is 5.86. The zero-order valence-corrected chi connectivity index (χ0v) is 15.2. The molecule has 0 bridgehead atoms. The number of nitrogens with zero attached hydrogens (tertiary/aromatic N) is 1. The summed E-state index contributed by atoms with van der Waals surface area (Å²) in [6.45, 7) is 3.88. The van der Waals surface area contributed by atoms with E-state index in [1.165, 1.54) is 0 Å². The number of carbonyl (C=O) groups is 1. The van der Waals surface area contributed by atoms with Crippen LogP contribution in [0.15, 0.2) is 50.7 Å². The Morgan fingerprint density at radius 2 is 2.04 bits per heavy atom. The molecule has 4 rings (SSSR count). The van der Waals surface area contributed by atoms with Crippen molar-refractivity contribution in [2.45, 2.75) is 25.5 Å². The van der Waals surface area contributed by atoms with Gasteiger partial charge in [-0.2, -0.15) is 0 Å². The van der Waals surface area contributed by atoms with E-state index in [4.69, 9.17) is 20.4 Å². The van der Waals surface area contributed by atoms with Gasteiger partial charge in [-0.05, 0) is 43.2 Å². The largest absolute Gasteiger partial charge is 0.464 e. The first-order valence-electron chi connectivity index (χ1n) is 7.75. The number of fused-ring (bicyclic) bond motifs is 2. The number of hydrogen-bond donors (Lipinski definition) is 0. The molecule has 0 amide bonds. The minimum absolute atomic E-state index is 0.0645. The predicted octanol–water partition coefficient (Wildman–Crippen LogP) is 5.71. The summed E-state index contributed by atoms with van der Waals surface area (Å²) in [7, 11) is 0. The topological polar surface area (TPSA) is 56.2 Å². The molecule has 0 aliphatic heterocycles. The summed E-state index contributed by atoms with van der Waals surface area (Å²) in [5.41, 5.74) is 4.87. The lowest BCUT2D eigenvalue weighted by Crippen LogP contribution is -1.97. The van der Waals surface area contributed by atoms with Crippen LogP contribution in [-0.2, 0) is 11.2 Å². The summed E-state index contributed by atoms with van der Waals surface area (Å²) >= 11 is 7.34. The highest BCUT2D eigenvalue weighted by Crippen LogP contribution is 2.34. The van der Waals surface area contributed by atoms with Gasteiger partial charge in [0.2, 0.25) is 5.12 Å². The number of aromatic nitrogens is 1. The van der Waals surface area contributed by atoms with E-state index in [-0.39, 0.29) is 11.5 Å². The monoisotopic (exact) mass is 371 g/mol. The van der Waals surface area contributed by atoms with Crippen molar-refractivity contribution in [3.05, 3.63) is 58.3 Å². The third-order valence-electron chi connectivity index (χ3n) is 4.10. The molecule has 2 aromatic carbocycles. The number of aryl methyl sites for hydroxylation is 2. The lowest BCUT2D eigenvalue weighted by atomic mass is 10.0. The molecule has 0 spiro atoms. The van der Waals surface area contributed by atoms with Gasteiger partial charge in [-0.1, -0.05) is 23.7 Å². The number of benzene rings is 2. The van der Waals surface area contributed by atoms with Crippen LogP contribution in [0.25, 0.3) is 22.1 Å². The molecule has 126 valence electrons. The van der Waals surface area contributed by atoms with Gasteiger partial charge in [0.05, 0.1) is 6.26 Å². The highest BCUT2D eigenvalue weighted by Gasteiger charge is 2.18. The summed E-state index contributed by atoms with van der Waals surface area (Å²) < 4.78 is 11.2. The fraction of sp³-hybridized carbons (Fsp3) is 0.158. The normalized spacial score (nSPS) is 11.5. The number of hydrogen-bond acceptors (Lipinski definition) is 5. The Hall–Kier alpha value is -2.24. The summed E-state index contributed by atoms with van der Waals surface area (Å²) in [5.74, 6) is 0. The van der Waals surface area contributed by atoms with E-state index in [1.807, 2.05) is 44.2 Å². The Morgan fingerprint density at radius 3 is 2.84 bits per heavy atom. The Kier molecular flexibility index (Phi) is 4.06. The molecular weight excluding hydrogens is 358 g/mol. The van der Waals surface area contributed by atoms with Crippen LogP contribution >= 0.6 is 23.4 Å². The first kappa shape index (κ1) is 16.2. The lowest BCUT2D eigenvalue weighted by Gasteiger charge is -2.05. The number of thioether (sulfide) groups is 1. The van der Waals surface area contributed by atoms with E-state index >= 15 is 0 Å². The highest BCUT2D eigenvalue weighted by molar-refractivity contribution is 8.13. The minimum Gasteiger partial charge on any atom is -0.464 e. The number of furan rings is 1. The van der Waals surface area contributed by atoms with Crippen molar-refractivity contribution in [3.63, 3.8) is 0 Å². The molecule has 4 nitrogen and oxygen atoms in total. The summed E-state index contributed by atoms with van der Waals surface area (Å²) in [4.78, 5) is 16.8. The Labute approximate surface area is 153 Å². The number of oxazole rings is 1. The maximum absolute atomic E-state index is 12.5. The molecule has 0 aliphatic carbocycles. The molecule has 0 unspecified atom stereocenters. The van der Waals surface area contributed by atoms with E-state index in [0.29, 0.717) is 15.8 Å². The van der Waals surface area contributed by atoms with Gasteiger partial charge in [0, 0.05) is 34.2 Å². The molecule has 4 aromatic rings. The molecule has 0 saturated heterocycles. The SMILES string of the molecule is Cc1cc2occ(CC(=O)Sc3nc4ccccc4o3)c2c(C)c1Cl. The zero-order chi connectivity index (χ0) is 17.6. The highest BCUT2D eigenvalue weighted by atomic mass is 35.5. The summed E-state index contributed by atoms with van der Waals surface area (Å²) in [5, 5.41) is 1.89. The molecule has 2 heterocycles. The first-order valence-corrected chi connectivity index (χ1v) is 8.94. The van der Waals surface area contributed by atoms with Gasteiger partial charge in [0.1, 0.15) is 11.1 Å². The molecule has 2 aromatic heterocycles. The molecule has 0 N–H and O–H groups in total. The van der Waals surface area contributed by atoms with Crippen molar-refractivity contribution in [1.29, 1.82) is 0 Å². The molecule has 0 radical (unpaired) electrons. The van der Waals surface area contributed by atoms with Crippen molar-refractivity contribution in [1.82, 2.24) is 4.98 Å². The Bertz CT molecular complexity index is 1080.